The fraction of sp³-hybridized carbons (Fsp3) is 0.933. The monoisotopic (exact) mass is 251 g/mol. The molecule has 0 amide bonds. The predicted molar refractivity (Wildman–Crippen MR) is 76.4 cm³/mol. The van der Waals surface area contributed by atoms with Crippen molar-refractivity contribution >= 4 is 0 Å². The molecule has 2 unspecified atom stereocenters. The van der Waals surface area contributed by atoms with E-state index < -0.39 is 0 Å². The number of rotatable bonds is 7. The molecule has 3 heteroatoms. The first-order valence-electron chi connectivity index (χ1n) is 7.46. The summed E-state index contributed by atoms with van der Waals surface area (Å²) < 4.78 is 0. The molecule has 18 heavy (non-hydrogen) atoms. The van der Waals surface area contributed by atoms with Gasteiger partial charge in [0.15, 0.2) is 0 Å². The Hall–Kier alpha value is -0.590. The maximum absolute atomic E-state index is 9.44. The van der Waals surface area contributed by atoms with E-state index in [1.165, 1.54) is 19.4 Å². The van der Waals surface area contributed by atoms with Crippen LogP contribution in [0.25, 0.3) is 0 Å². The minimum Gasteiger partial charge on any atom is -0.301 e. The fourth-order valence-corrected chi connectivity index (χ4v) is 2.98. The van der Waals surface area contributed by atoms with Gasteiger partial charge >= 0.3 is 0 Å². The molecule has 0 spiro atoms. The molecule has 0 radical (unpaired) electrons. The smallest absolute Gasteiger partial charge is 0.106 e. The highest BCUT2D eigenvalue weighted by Crippen LogP contribution is 2.21. The Morgan fingerprint density at radius 3 is 2.67 bits per heavy atom. The summed E-state index contributed by atoms with van der Waals surface area (Å²) >= 11 is 0. The van der Waals surface area contributed by atoms with E-state index in [9.17, 15) is 5.26 Å². The average molecular weight is 251 g/mol. The van der Waals surface area contributed by atoms with Crippen molar-refractivity contribution in [2.45, 2.75) is 77.4 Å². The van der Waals surface area contributed by atoms with E-state index >= 15 is 0 Å². The van der Waals surface area contributed by atoms with Crippen molar-refractivity contribution in [1.82, 2.24) is 10.2 Å². The predicted octanol–water partition coefficient (Wildman–Crippen LogP) is 2.92. The molecule has 1 aliphatic heterocycles. The fourth-order valence-electron chi connectivity index (χ4n) is 2.98. The van der Waals surface area contributed by atoms with Crippen LogP contribution in [0.15, 0.2) is 0 Å². The zero-order valence-electron chi connectivity index (χ0n) is 12.5. The van der Waals surface area contributed by atoms with Crippen LogP contribution in [0.5, 0.6) is 0 Å². The molecule has 0 bridgehead atoms. The molecule has 1 heterocycles. The third kappa shape index (κ3) is 4.26. The molecule has 0 aromatic rings. The van der Waals surface area contributed by atoms with Crippen LogP contribution in [0.4, 0.5) is 0 Å². The van der Waals surface area contributed by atoms with Gasteiger partial charge in [-0.3, -0.25) is 5.32 Å². The van der Waals surface area contributed by atoms with Gasteiger partial charge in [0.25, 0.3) is 0 Å². The van der Waals surface area contributed by atoms with Crippen LogP contribution in [-0.2, 0) is 0 Å². The highest BCUT2D eigenvalue weighted by atomic mass is 15.2. The second-order valence-electron chi connectivity index (χ2n) is 5.98. The summed E-state index contributed by atoms with van der Waals surface area (Å²) in [5.41, 5.74) is -0.322. The van der Waals surface area contributed by atoms with Crippen LogP contribution in [0.1, 0.15) is 59.8 Å². The lowest BCUT2D eigenvalue weighted by Gasteiger charge is -2.30. The molecule has 1 saturated heterocycles. The molecule has 0 aliphatic carbocycles. The second kappa shape index (κ2) is 7.11. The van der Waals surface area contributed by atoms with Gasteiger partial charge in [-0.2, -0.15) is 5.26 Å². The molecule has 1 N–H and O–H groups in total. The summed E-state index contributed by atoms with van der Waals surface area (Å²) in [6.07, 6.45) is 5.63. The minimum absolute atomic E-state index is 0.322. The summed E-state index contributed by atoms with van der Waals surface area (Å²) in [6, 6.07) is 3.61. The standard InChI is InChI=1S/C15H29N3/c1-5-15(12-16,17-13(2)3)9-7-11-18-10-6-8-14(18)4/h13-14,17H,5-11H2,1-4H3. The summed E-state index contributed by atoms with van der Waals surface area (Å²) in [6.45, 7) is 11.0. The number of likely N-dealkylation sites (tertiary alicyclic amines) is 1. The van der Waals surface area contributed by atoms with Crippen molar-refractivity contribution in [2.75, 3.05) is 13.1 Å². The van der Waals surface area contributed by atoms with E-state index in [-0.39, 0.29) is 5.54 Å². The summed E-state index contributed by atoms with van der Waals surface area (Å²) in [5, 5.41) is 12.9. The first kappa shape index (κ1) is 15.5. The lowest BCUT2D eigenvalue weighted by Crippen LogP contribution is -2.47. The topological polar surface area (TPSA) is 39.1 Å². The van der Waals surface area contributed by atoms with Crippen molar-refractivity contribution in [3.63, 3.8) is 0 Å². The van der Waals surface area contributed by atoms with Crippen LogP contribution < -0.4 is 5.32 Å². The van der Waals surface area contributed by atoms with E-state index in [1.54, 1.807) is 0 Å². The zero-order valence-corrected chi connectivity index (χ0v) is 12.5. The van der Waals surface area contributed by atoms with Crippen molar-refractivity contribution in [3.05, 3.63) is 0 Å². The molecule has 1 rings (SSSR count). The van der Waals surface area contributed by atoms with Gasteiger partial charge in [-0.25, -0.2) is 0 Å². The number of nitrogens with one attached hydrogen (secondary N) is 1. The SMILES string of the molecule is CCC(C#N)(CCCN1CCCC1C)NC(C)C. The van der Waals surface area contributed by atoms with E-state index in [0.717, 1.165) is 31.8 Å². The van der Waals surface area contributed by atoms with Gasteiger partial charge in [-0.1, -0.05) is 6.92 Å². The lowest BCUT2D eigenvalue weighted by molar-refractivity contribution is 0.244. The van der Waals surface area contributed by atoms with Gasteiger partial charge in [-0.15, -0.1) is 0 Å². The second-order valence-corrected chi connectivity index (χ2v) is 5.98. The molecule has 1 fully saturated rings. The zero-order chi connectivity index (χ0) is 13.6. The lowest BCUT2D eigenvalue weighted by atomic mass is 9.91. The van der Waals surface area contributed by atoms with Crippen LogP contribution >= 0.6 is 0 Å². The van der Waals surface area contributed by atoms with Gasteiger partial charge in [0.1, 0.15) is 5.54 Å². The number of nitriles is 1. The summed E-state index contributed by atoms with van der Waals surface area (Å²) in [7, 11) is 0. The third-order valence-electron chi connectivity index (χ3n) is 4.12. The van der Waals surface area contributed by atoms with Crippen molar-refractivity contribution in [3.8, 4) is 6.07 Å². The number of hydrogen-bond donors (Lipinski definition) is 1. The Balaban J connectivity index is 2.40. The quantitative estimate of drug-likeness (QED) is 0.756. The van der Waals surface area contributed by atoms with Gasteiger partial charge < -0.3 is 4.90 Å². The molecule has 3 nitrogen and oxygen atoms in total. The molecule has 2 atom stereocenters. The maximum Gasteiger partial charge on any atom is 0.106 e. The van der Waals surface area contributed by atoms with Gasteiger partial charge in [0.2, 0.25) is 0 Å². The largest absolute Gasteiger partial charge is 0.301 e. The first-order chi connectivity index (χ1) is 8.53. The molecule has 104 valence electrons. The normalized spacial score (nSPS) is 24.1. The Kier molecular flexibility index (Phi) is 6.11. The van der Waals surface area contributed by atoms with Crippen molar-refractivity contribution in [1.29, 1.82) is 5.26 Å². The first-order valence-corrected chi connectivity index (χ1v) is 7.46. The Morgan fingerprint density at radius 2 is 2.22 bits per heavy atom. The van der Waals surface area contributed by atoms with Crippen LogP contribution in [0.3, 0.4) is 0 Å². The molecule has 0 aromatic carbocycles. The highest BCUT2D eigenvalue weighted by molar-refractivity contribution is 5.06. The molecule has 0 aromatic heterocycles. The van der Waals surface area contributed by atoms with Crippen LogP contribution in [0, 0.1) is 11.3 Å². The minimum atomic E-state index is -0.322. The molecular weight excluding hydrogens is 222 g/mol. The average Bonchev–Trinajstić information content (AvgIpc) is 2.73. The maximum atomic E-state index is 9.44. The molecule has 0 saturated carbocycles. The number of hydrogen-bond acceptors (Lipinski definition) is 3. The summed E-state index contributed by atoms with van der Waals surface area (Å²) in [5.74, 6) is 0. The third-order valence-corrected chi connectivity index (χ3v) is 4.12. The van der Waals surface area contributed by atoms with Gasteiger partial charge in [-0.05, 0) is 66.0 Å². The molecule has 1 aliphatic rings. The Labute approximate surface area is 113 Å². The van der Waals surface area contributed by atoms with E-state index in [0.29, 0.717) is 6.04 Å². The van der Waals surface area contributed by atoms with Gasteiger partial charge in [0, 0.05) is 12.1 Å². The van der Waals surface area contributed by atoms with Crippen molar-refractivity contribution in [2.24, 2.45) is 0 Å². The van der Waals surface area contributed by atoms with Crippen molar-refractivity contribution < 1.29 is 0 Å². The Bertz CT molecular complexity index is 282. The number of nitrogens with zero attached hydrogens (tertiary/aromatic N) is 2. The van der Waals surface area contributed by atoms with E-state index in [1.807, 2.05) is 0 Å². The Morgan fingerprint density at radius 1 is 1.50 bits per heavy atom. The van der Waals surface area contributed by atoms with Gasteiger partial charge in [0.05, 0.1) is 6.07 Å². The molecular formula is C15H29N3. The van der Waals surface area contributed by atoms with E-state index in [2.05, 4.69) is 44.0 Å². The van der Waals surface area contributed by atoms with Crippen LogP contribution in [-0.4, -0.2) is 35.6 Å². The highest BCUT2D eigenvalue weighted by Gasteiger charge is 2.28. The summed E-state index contributed by atoms with van der Waals surface area (Å²) in [4.78, 5) is 2.56. The van der Waals surface area contributed by atoms with E-state index in [4.69, 9.17) is 0 Å². The van der Waals surface area contributed by atoms with Crippen LogP contribution in [0.2, 0.25) is 0 Å².